The van der Waals surface area contributed by atoms with Crippen molar-refractivity contribution < 1.29 is 4.42 Å². The summed E-state index contributed by atoms with van der Waals surface area (Å²) < 4.78 is 5.18. The molecule has 1 aromatic heterocycles. The molecule has 20 heavy (non-hydrogen) atoms. The monoisotopic (exact) mass is 263 g/mol. The van der Waals surface area contributed by atoms with Crippen LogP contribution in [0.25, 0.3) is 11.3 Å². The van der Waals surface area contributed by atoms with Crippen molar-refractivity contribution in [2.24, 2.45) is 0 Å². The largest absolute Gasteiger partial charge is 0.408 e. The van der Waals surface area contributed by atoms with Gasteiger partial charge >= 0.3 is 5.63 Å². The fourth-order valence-electron chi connectivity index (χ4n) is 2.05. The molecule has 0 fully saturated rings. The lowest BCUT2D eigenvalue weighted by atomic mass is 10.1. The third kappa shape index (κ3) is 2.83. The lowest BCUT2D eigenvalue weighted by molar-refractivity contribution is 0.445. The minimum Gasteiger partial charge on any atom is -0.408 e. The highest BCUT2D eigenvalue weighted by atomic mass is 16.4. The molecule has 3 rings (SSSR count). The lowest BCUT2D eigenvalue weighted by Gasteiger charge is -2.03. The molecular weight excluding hydrogens is 250 g/mol. The Balaban J connectivity index is 1.97. The Morgan fingerprint density at radius 3 is 2.25 bits per heavy atom. The van der Waals surface area contributed by atoms with Crippen molar-refractivity contribution in [2.45, 2.75) is 6.42 Å². The maximum atomic E-state index is 11.7. The molecule has 0 atom stereocenters. The number of hydrogen-bond donors (Lipinski definition) is 0. The van der Waals surface area contributed by atoms with E-state index in [1.807, 2.05) is 60.7 Å². The summed E-state index contributed by atoms with van der Waals surface area (Å²) in [5.41, 5.74) is 2.25. The van der Waals surface area contributed by atoms with Crippen molar-refractivity contribution in [3.05, 3.63) is 88.6 Å². The maximum absolute atomic E-state index is 11.7. The van der Waals surface area contributed by atoms with Gasteiger partial charge in [-0.3, -0.25) is 0 Å². The van der Waals surface area contributed by atoms with Gasteiger partial charge in [-0.1, -0.05) is 60.7 Å². The second-order valence-corrected chi connectivity index (χ2v) is 4.48. The Kier molecular flexibility index (Phi) is 3.42. The molecule has 0 aliphatic carbocycles. The Morgan fingerprint density at radius 2 is 1.55 bits per heavy atom. The van der Waals surface area contributed by atoms with Crippen LogP contribution >= 0.6 is 0 Å². The molecule has 98 valence electrons. The molecular formula is C17H13NO2. The van der Waals surface area contributed by atoms with Crippen molar-refractivity contribution in [1.82, 2.24) is 4.98 Å². The summed E-state index contributed by atoms with van der Waals surface area (Å²) in [7, 11) is 0. The molecule has 0 aliphatic heterocycles. The Bertz CT molecular complexity index is 749. The zero-order valence-corrected chi connectivity index (χ0v) is 10.8. The minimum absolute atomic E-state index is 0.371. The molecule has 3 nitrogen and oxygen atoms in total. The van der Waals surface area contributed by atoms with Crippen LogP contribution in [0.3, 0.4) is 0 Å². The van der Waals surface area contributed by atoms with E-state index in [1.165, 1.54) is 6.07 Å². The smallest absolute Gasteiger partial charge is 0.339 e. The van der Waals surface area contributed by atoms with E-state index in [-0.39, 0.29) is 5.63 Å². The van der Waals surface area contributed by atoms with Gasteiger partial charge < -0.3 is 4.42 Å². The van der Waals surface area contributed by atoms with Crippen molar-refractivity contribution in [2.75, 3.05) is 0 Å². The molecule has 0 saturated carbocycles. The van der Waals surface area contributed by atoms with Gasteiger partial charge in [-0.15, -0.1) is 0 Å². The van der Waals surface area contributed by atoms with Crippen molar-refractivity contribution >= 4 is 0 Å². The first kappa shape index (κ1) is 12.4. The van der Waals surface area contributed by atoms with Gasteiger partial charge in [0.2, 0.25) is 5.89 Å². The summed E-state index contributed by atoms with van der Waals surface area (Å²) in [6.45, 7) is 0. The fraction of sp³-hybridized carbons (Fsp3) is 0.0588. The van der Waals surface area contributed by atoms with Crippen molar-refractivity contribution in [1.29, 1.82) is 0 Å². The van der Waals surface area contributed by atoms with Crippen molar-refractivity contribution in [3.8, 4) is 11.3 Å². The summed E-state index contributed by atoms with van der Waals surface area (Å²) in [5, 5.41) is 0. The van der Waals surface area contributed by atoms with E-state index in [0.717, 1.165) is 11.1 Å². The van der Waals surface area contributed by atoms with Gasteiger partial charge in [-0.05, 0) is 5.56 Å². The molecule has 0 amide bonds. The maximum Gasteiger partial charge on any atom is 0.339 e. The summed E-state index contributed by atoms with van der Waals surface area (Å²) in [6.07, 6.45) is 0.511. The van der Waals surface area contributed by atoms with E-state index in [2.05, 4.69) is 4.98 Å². The zero-order valence-electron chi connectivity index (χ0n) is 10.8. The van der Waals surface area contributed by atoms with E-state index < -0.39 is 0 Å². The van der Waals surface area contributed by atoms with Gasteiger partial charge in [0.15, 0.2) is 0 Å². The van der Waals surface area contributed by atoms with Crippen LogP contribution in [-0.2, 0) is 6.42 Å². The van der Waals surface area contributed by atoms with Gasteiger partial charge in [-0.2, -0.15) is 0 Å². The first-order valence-electron chi connectivity index (χ1n) is 6.42. The molecule has 0 spiro atoms. The van der Waals surface area contributed by atoms with Gasteiger partial charge in [-0.25, -0.2) is 9.78 Å². The van der Waals surface area contributed by atoms with E-state index in [0.29, 0.717) is 18.0 Å². The standard InChI is InChI=1S/C17H13NO2/c19-17-12-15(14-9-5-2-6-10-14)18-16(20-17)11-13-7-3-1-4-8-13/h1-10,12H,11H2. The molecule has 0 N–H and O–H groups in total. The Labute approximate surface area is 116 Å². The summed E-state index contributed by atoms with van der Waals surface area (Å²) in [6, 6.07) is 20.9. The highest BCUT2D eigenvalue weighted by Crippen LogP contribution is 2.16. The van der Waals surface area contributed by atoms with Crippen LogP contribution in [0, 0.1) is 0 Å². The third-order valence-electron chi connectivity index (χ3n) is 2.99. The molecule has 3 heteroatoms. The SMILES string of the molecule is O=c1cc(-c2ccccc2)nc(Cc2ccccc2)o1. The second kappa shape index (κ2) is 5.53. The fourth-order valence-corrected chi connectivity index (χ4v) is 2.05. The zero-order chi connectivity index (χ0) is 13.8. The van der Waals surface area contributed by atoms with Crippen LogP contribution in [0.2, 0.25) is 0 Å². The second-order valence-electron chi connectivity index (χ2n) is 4.48. The third-order valence-corrected chi connectivity index (χ3v) is 2.99. The molecule has 1 heterocycles. The first-order chi connectivity index (χ1) is 9.81. The number of hydrogen-bond acceptors (Lipinski definition) is 3. The molecule has 0 bridgehead atoms. The Hall–Kier alpha value is -2.68. The summed E-state index contributed by atoms with van der Waals surface area (Å²) in [4.78, 5) is 16.1. The summed E-state index contributed by atoms with van der Waals surface area (Å²) in [5.74, 6) is 0.433. The molecule has 0 aliphatic rings. The highest BCUT2D eigenvalue weighted by Gasteiger charge is 2.06. The normalized spacial score (nSPS) is 10.4. The number of aromatic nitrogens is 1. The lowest BCUT2D eigenvalue weighted by Crippen LogP contribution is -2.05. The van der Waals surface area contributed by atoms with Crippen LogP contribution in [0.4, 0.5) is 0 Å². The number of rotatable bonds is 3. The minimum atomic E-state index is -0.371. The van der Waals surface area contributed by atoms with Crippen LogP contribution in [0.1, 0.15) is 11.5 Å². The average Bonchev–Trinajstić information content (AvgIpc) is 2.49. The van der Waals surface area contributed by atoms with Gasteiger partial charge in [0, 0.05) is 12.0 Å². The topological polar surface area (TPSA) is 43.1 Å². The first-order valence-corrected chi connectivity index (χ1v) is 6.42. The summed E-state index contributed by atoms with van der Waals surface area (Å²) >= 11 is 0. The number of nitrogens with zero attached hydrogens (tertiary/aromatic N) is 1. The van der Waals surface area contributed by atoms with E-state index in [9.17, 15) is 4.79 Å². The highest BCUT2D eigenvalue weighted by molar-refractivity contribution is 5.58. The van der Waals surface area contributed by atoms with Crippen LogP contribution in [0.5, 0.6) is 0 Å². The van der Waals surface area contributed by atoms with Crippen LogP contribution in [0.15, 0.2) is 75.9 Å². The van der Waals surface area contributed by atoms with Gasteiger partial charge in [0.05, 0.1) is 11.8 Å². The molecule has 0 unspecified atom stereocenters. The van der Waals surface area contributed by atoms with Gasteiger partial charge in [0.1, 0.15) is 0 Å². The molecule has 2 aromatic carbocycles. The van der Waals surface area contributed by atoms with Crippen LogP contribution in [-0.4, -0.2) is 4.98 Å². The average molecular weight is 263 g/mol. The predicted octanol–water partition coefficient (Wildman–Crippen LogP) is 3.29. The van der Waals surface area contributed by atoms with E-state index in [4.69, 9.17) is 4.42 Å². The molecule has 0 saturated heterocycles. The van der Waals surface area contributed by atoms with Crippen LogP contribution < -0.4 is 5.63 Å². The molecule has 3 aromatic rings. The number of benzene rings is 2. The van der Waals surface area contributed by atoms with Gasteiger partial charge in [0.25, 0.3) is 0 Å². The van der Waals surface area contributed by atoms with E-state index in [1.54, 1.807) is 0 Å². The quantitative estimate of drug-likeness (QED) is 0.728. The predicted molar refractivity (Wildman–Crippen MR) is 77.5 cm³/mol. The molecule has 0 radical (unpaired) electrons. The van der Waals surface area contributed by atoms with Crippen molar-refractivity contribution in [3.63, 3.8) is 0 Å². The Morgan fingerprint density at radius 1 is 0.900 bits per heavy atom. The van der Waals surface area contributed by atoms with E-state index >= 15 is 0 Å².